The van der Waals surface area contributed by atoms with Crippen LogP contribution in [0.1, 0.15) is 75.1 Å². The molecule has 0 aromatic carbocycles. The zero-order valence-electron chi connectivity index (χ0n) is 16.8. The number of unbranched alkanes of at least 4 members (excludes halogenated alkanes) is 2. The maximum atomic E-state index is 5.00. The fourth-order valence-electron chi connectivity index (χ4n) is 3.55. The second kappa shape index (κ2) is 9.49. The van der Waals surface area contributed by atoms with Crippen molar-refractivity contribution in [3.63, 3.8) is 0 Å². The van der Waals surface area contributed by atoms with Crippen LogP contribution < -0.4 is 5.32 Å². The molecule has 0 aliphatic heterocycles. The van der Waals surface area contributed by atoms with Crippen LogP contribution in [0.25, 0.3) is 5.65 Å². The maximum absolute atomic E-state index is 5.00. The van der Waals surface area contributed by atoms with Crippen LogP contribution >= 0.6 is 0 Å². The number of hydrogen-bond donors (Lipinski definition) is 1. The van der Waals surface area contributed by atoms with E-state index in [1.165, 1.54) is 44.2 Å². The molecule has 5 heteroatoms. The van der Waals surface area contributed by atoms with Gasteiger partial charge in [0, 0.05) is 42.2 Å². The highest BCUT2D eigenvalue weighted by molar-refractivity contribution is 5.54. The van der Waals surface area contributed by atoms with Gasteiger partial charge in [-0.2, -0.15) is 9.61 Å². The average molecular weight is 366 g/mol. The first-order valence-electron chi connectivity index (χ1n) is 10.2. The molecule has 0 aliphatic carbocycles. The lowest BCUT2D eigenvalue weighted by atomic mass is 9.93. The lowest BCUT2D eigenvalue weighted by Gasteiger charge is -2.18. The number of aryl methyl sites for hydroxylation is 1. The molecule has 3 rings (SSSR count). The first kappa shape index (κ1) is 19.3. The molecule has 3 aromatic rings. The van der Waals surface area contributed by atoms with Gasteiger partial charge in [0.1, 0.15) is 5.82 Å². The number of nitrogens with zero attached hydrogens (tertiary/aromatic N) is 4. The Bertz CT molecular complexity index is 841. The first-order chi connectivity index (χ1) is 13.2. The van der Waals surface area contributed by atoms with Crippen LogP contribution in [-0.2, 0) is 6.54 Å². The van der Waals surface area contributed by atoms with Gasteiger partial charge in [0.15, 0.2) is 5.65 Å². The van der Waals surface area contributed by atoms with Gasteiger partial charge in [0.05, 0.1) is 6.20 Å². The molecular weight excluding hydrogens is 334 g/mol. The van der Waals surface area contributed by atoms with Crippen molar-refractivity contribution in [2.45, 2.75) is 71.8 Å². The van der Waals surface area contributed by atoms with E-state index in [9.17, 15) is 0 Å². The van der Waals surface area contributed by atoms with Crippen LogP contribution in [0.5, 0.6) is 0 Å². The number of anilines is 1. The SMILES string of the molecule is CCCCCC(CCC)c1cc(NCc2cccnc2)n2ncc(C)c2n1. The molecule has 27 heavy (non-hydrogen) atoms. The number of hydrogen-bond acceptors (Lipinski definition) is 4. The topological polar surface area (TPSA) is 55.1 Å². The zero-order valence-corrected chi connectivity index (χ0v) is 16.8. The number of aromatic nitrogens is 4. The third kappa shape index (κ3) is 4.85. The third-order valence-electron chi connectivity index (χ3n) is 5.08. The summed E-state index contributed by atoms with van der Waals surface area (Å²) >= 11 is 0. The lowest BCUT2D eigenvalue weighted by Crippen LogP contribution is -2.10. The van der Waals surface area contributed by atoms with Gasteiger partial charge < -0.3 is 5.32 Å². The van der Waals surface area contributed by atoms with E-state index in [1.807, 2.05) is 23.0 Å². The molecule has 1 N–H and O–H groups in total. The van der Waals surface area contributed by atoms with Crippen molar-refractivity contribution in [3.05, 3.63) is 53.6 Å². The normalized spacial score (nSPS) is 12.4. The van der Waals surface area contributed by atoms with Gasteiger partial charge in [-0.15, -0.1) is 0 Å². The maximum Gasteiger partial charge on any atom is 0.160 e. The second-order valence-electron chi connectivity index (χ2n) is 7.33. The molecule has 0 saturated carbocycles. The zero-order chi connectivity index (χ0) is 19.1. The number of pyridine rings is 1. The van der Waals surface area contributed by atoms with Crippen molar-refractivity contribution < 1.29 is 0 Å². The molecule has 0 aliphatic rings. The Morgan fingerprint density at radius 1 is 1.11 bits per heavy atom. The third-order valence-corrected chi connectivity index (χ3v) is 5.08. The molecule has 1 unspecified atom stereocenters. The summed E-state index contributed by atoms with van der Waals surface area (Å²) in [4.78, 5) is 9.20. The minimum Gasteiger partial charge on any atom is -0.366 e. The van der Waals surface area contributed by atoms with E-state index in [0.29, 0.717) is 5.92 Å². The second-order valence-corrected chi connectivity index (χ2v) is 7.33. The van der Waals surface area contributed by atoms with E-state index in [4.69, 9.17) is 4.98 Å². The highest BCUT2D eigenvalue weighted by Gasteiger charge is 2.16. The number of nitrogens with one attached hydrogen (secondary N) is 1. The number of rotatable bonds is 10. The molecule has 3 heterocycles. The Labute approximate surface area is 162 Å². The van der Waals surface area contributed by atoms with Crippen LogP contribution in [0.4, 0.5) is 5.82 Å². The summed E-state index contributed by atoms with van der Waals surface area (Å²) in [5.74, 6) is 1.52. The predicted molar refractivity (Wildman–Crippen MR) is 111 cm³/mol. The highest BCUT2D eigenvalue weighted by atomic mass is 15.3. The minimum atomic E-state index is 0.514. The molecule has 0 radical (unpaired) electrons. The molecule has 0 amide bonds. The molecule has 1 atom stereocenters. The van der Waals surface area contributed by atoms with Crippen molar-refractivity contribution in [1.82, 2.24) is 19.6 Å². The summed E-state index contributed by atoms with van der Waals surface area (Å²) < 4.78 is 1.92. The summed E-state index contributed by atoms with van der Waals surface area (Å²) in [6.45, 7) is 7.32. The molecule has 5 nitrogen and oxygen atoms in total. The van der Waals surface area contributed by atoms with Crippen molar-refractivity contribution >= 4 is 11.5 Å². The lowest BCUT2D eigenvalue weighted by molar-refractivity contribution is 0.519. The predicted octanol–water partition coefficient (Wildman–Crippen LogP) is 5.51. The summed E-state index contributed by atoms with van der Waals surface area (Å²) in [5, 5.41) is 8.07. The van der Waals surface area contributed by atoms with E-state index in [-0.39, 0.29) is 0 Å². The Morgan fingerprint density at radius 2 is 2.00 bits per heavy atom. The largest absolute Gasteiger partial charge is 0.366 e. The molecule has 3 aromatic heterocycles. The molecule has 0 fully saturated rings. The van der Waals surface area contributed by atoms with Gasteiger partial charge in [0.25, 0.3) is 0 Å². The van der Waals surface area contributed by atoms with E-state index < -0.39 is 0 Å². The summed E-state index contributed by atoms with van der Waals surface area (Å²) in [6.07, 6.45) is 13.0. The molecular formula is C22H31N5. The highest BCUT2D eigenvalue weighted by Crippen LogP contribution is 2.29. The van der Waals surface area contributed by atoms with Crippen LogP contribution in [0.3, 0.4) is 0 Å². The Kier molecular flexibility index (Phi) is 6.80. The van der Waals surface area contributed by atoms with Gasteiger partial charge in [-0.25, -0.2) is 4.98 Å². The summed E-state index contributed by atoms with van der Waals surface area (Å²) in [5.41, 5.74) is 4.42. The van der Waals surface area contributed by atoms with E-state index in [0.717, 1.165) is 29.1 Å². The van der Waals surface area contributed by atoms with Gasteiger partial charge >= 0.3 is 0 Å². The Balaban J connectivity index is 1.89. The van der Waals surface area contributed by atoms with Crippen molar-refractivity contribution in [2.75, 3.05) is 5.32 Å². The molecule has 144 valence electrons. The standard InChI is InChI=1S/C22H31N5/c1-4-6-7-11-19(9-5-2)20-13-21(24-16-18-10-8-12-23-15-18)27-22(26-20)17(3)14-25-27/h8,10,12-15,19,24H,4-7,9,11,16H2,1-3H3. The van der Waals surface area contributed by atoms with E-state index in [1.54, 1.807) is 6.20 Å². The quantitative estimate of drug-likeness (QED) is 0.481. The van der Waals surface area contributed by atoms with Gasteiger partial charge in [-0.1, -0.05) is 45.6 Å². The van der Waals surface area contributed by atoms with Crippen molar-refractivity contribution in [2.24, 2.45) is 0 Å². The van der Waals surface area contributed by atoms with E-state index >= 15 is 0 Å². The van der Waals surface area contributed by atoms with Crippen molar-refractivity contribution in [1.29, 1.82) is 0 Å². The van der Waals surface area contributed by atoms with Crippen molar-refractivity contribution in [3.8, 4) is 0 Å². The van der Waals surface area contributed by atoms with E-state index in [2.05, 4.69) is 48.3 Å². The molecule has 0 bridgehead atoms. The molecule has 0 saturated heterocycles. The number of fused-ring (bicyclic) bond motifs is 1. The smallest absolute Gasteiger partial charge is 0.160 e. The fourth-order valence-corrected chi connectivity index (χ4v) is 3.55. The Hall–Kier alpha value is -2.43. The van der Waals surface area contributed by atoms with Crippen LogP contribution in [-0.4, -0.2) is 19.6 Å². The van der Waals surface area contributed by atoms with Crippen LogP contribution in [0.15, 0.2) is 36.8 Å². The molecule has 0 spiro atoms. The Morgan fingerprint density at radius 3 is 2.74 bits per heavy atom. The summed E-state index contributed by atoms with van der Waals surface area (Å²) in [7, 11) is 0. The monoisotopic (exact) mass is 365 g/mol. The minimum absolute atomic E-state index is 0.514. The van der Waals surface area contributed by atoms with Gasteiger partial charge in [0.2, 0.25) is 0 Å². The van der Waals surface area contributed by atoms with Gasteiger partial charge in [-0.3, -0.25) is 4.98 Å². The first-order valence-corrected chi connectivity index (χ1v) is 10.2. The van der Waals surface area contributed by atoms with Crippen LogP contribution in [0, 0.1) is 6.92 Å². The summed E-state index contributed by atoms with van der Waals surface area (Å²) in [6, 6.07) is 6.24. The van der Waals surface area contributed by atoms with Crippen LogP contribution in [0.2, 0.25) is 0 Å². The van der Waals surface area contributed by atoms with Gasteiger partial charge in [-0.05, 0) is 31.4 Å². The average Bonchev–Trinajstić information content (AvgIpc) is 3.07. The fraction of sp³-hybridized carbons (Fsp3) is 0.500.